The van der Waals surface area contributed by atoms with Gasteiger partial charge in [0.2, 0.25) is 0 Å². The molecular weight excluding hydrogens is 258 g/mol. The summed E-state index contributed by atoms with van der Waals surface area (Å²) >= 11 is 0. The SMILES string of the molecule is Cc1nc(C(C)C)[nH]c(=O)c1C(=O)NCC(C)(C)CO. The molecule has 0 radical (unpaired) electrons. The number of aromatic amines is 1. The summed E-state index contributed by atoms with van der Waals surface area (Å²) in [7, 11) is 0. The van der Waals surface area contributed by atoms with Crippen LogP contribution in [0.4, 0.5) is 0 Å². The van der Waals surface area contributed by atoms with Crippen molar-refractivity contribution in [3.63, 3.8) is 0 Å². The monoisotopic (exact) mass is 281 g/mol. The molecule has 1 heterocycles. The van der Waals surface area contributed by atoms with E-state index in [0.717, 1.165) is 0 Å². The van der Waals surface area contributed by atoms with Crippen molar-refractivity contribution in [2.24, 2.45) is 5.41 Å². The molecule has 0 atom stereocenters. The van der Waals surface area contributed by atoms with E-state index in [9.17, 15) is 9.59 Å². The van der Waals surface area contributed by atoms with E-state index in [2.05, 4.69) is 15.3 Å². The predicted molar refractivity (Wildman–Crippen MR) is 76.9 cm³/mol. The van der Waals surface area contributed by atoms with E-state index in [0.29, 0.717) is 11.5 Å². The van der Waals surface area contributed by atoms with Crippen LogP contribution in [-0.4, -0.2) is 34.1 Å². The second kappa shape index (κ2) is 6.17. The number of carbonyl (C=O) groups is 1. The van der Waals surface area contributed by atoms with E-state index < -0.39 is 16.9 Å². The van der Waals surface area contributed by atoms with Crippen LogP contribution >= 0.6 is 0 Å². The summed E-state index contributed by atoms with van der Waals surface area (Å²) in [6.45, 7) is 9.37. The Morgan fingerprint density at radius 1 is 1.45 bits per heavy atom. The highest BCUT2D eigenvalue weighted by Gasteiger charge is 2.21. The lowest BCUT2D eigenvalue weighted by Crippen LogP contribution is -2.39. The Kier molecular flexibility index (Phi) is 5.05. The van der Waals surface area contributed by atoms with Gasteiger partial charge in [0, 0.05) is 24.5 Å². The Bertz CT molecular complexity index is 547. The molecule has 6 heteroatoms. The molecule has 0 bridgehead atoms. The number of hydrogen-bond acceptors (Lipinski definition) is 4. The minimum absolute atomic E-state index is 0.0307. The van der Waals surface area contributed by atoms with Gasteiger partial charge >= 0.3 is 0 Å². The number of carbonyl (C=O) groups excluding carboxylic acids is 1. The summed E-state index contributed by atoms with van der Waals surface area (Å²) in [6, 6.07) is 0. The second-order valence-corrected chi connectivity index (χ2v) is 6.07. The first-order chi connectivity index (χ1) is 9.18. The molecule has 20 heavy (non-hydrogen) atoms. The molecular formula is C14H23N3O3. The quantitative estimate of drug-likeness (QED) is 0.749. The van der Waals surface area contributed by atoms with Crippen molar-refractivity contribution >= 4 is 5.91 Å². The van der Waals surface area contributed by atoms with E-state index >= 15 is 0 Å². The van der Waals surface area contributed by atoms with Crippen molar-refractivity contribution in [2.45, 2.75) is 40.5 Å². The van der Waals surface area contributed by atoms with Crippen LogP contribution in [0.25, 0.3) is 0 Å². The number of aryl methyl sites for hydroxylation is 1. The van der Waals surface area contributed by atoms with Gasteiger partial charge in [0.25, 0.3) is 11.5 Å². The molecule has 0 aromatic carbocycles. The Labute approximate surface area is 118 Å². The highest BCUT2D eigenvalue weighted by Crippen LogP contribution is 2.12. The molecule has 3 N–H and O–H groups in total. The maximum absolute atomic E-state index is 12.1. The number of rotatable bonds is 5. The first-order valence-electron chi connectivity index (χ1n) is 6.68. The maximum atomic E-state index is 12.1. The lowest BCUT2D eigenvalue weighted by Gasteiger charge is -2.21. The molecule has 1 aromatic rings. The largest absolute Gasteiger partial charge is 0.396 e. The summed E-state index contributed by atoms with van der Waals surface area (Å²) in [5, 5.41) is 11.8. The van der Waals surface area contributed by atoms with Crippen molar-refractivity contribution in [1.82, 2.24) is 15.3 Å². The third kappa shape index (κ3) is 3.90. The number of aliphatic hydroxyl groups is 1. The number of nitrogens with zero attached hydrogens (tertiary/aromatic N) is 1. The van der Waals surface area contributed by atoms with Gasteiger partial charge in [-0.3, -0.25) is 9.59 Å². The summed E-state index contributed by atoms with van der Waals surface area (Å²) in [6.07, 6.45) is 0. The second-order valence-electron chi connectivity index (χ2n) is 6.07. The Morgan fingerprint density at radius 2 is 2.05 bits per heavy atom. The number of nitrogens with one attached hydrogen (secondary N) is 2. The van der Waals surface area contributed by atoms with Crippen LogP contribution < -0.4 is 10.9 Å². The standard InChI is InChI=1S/C14H23N3O3/c1-8(2)11-16-9(3)10(13(20)17-11)12(19)15-6-14(4,5)7-18/h8,18H,6-7H2,1-5H3,(H,15,19)(H,16,17,20). The van der Waals surface area contributed by atoms with Crippen LogP contribution in [0.1, 0.15) is 55.5 Å². The minimum atomic E-state index is -0.465. The fraction of sp³-hybridized carbons (Fsp3) is 0.643. The average molecular weight is 281 g/mol. The highest BCUT2D eigenvalue weighted by molar-refractivity contribution is 5.94. The van der Waals surface area contributed by atoms with Crippen LogP contribution in [0.5, 0.6) is 0 Å². The number of aromatic nitrogens is 2. The molecule has 0 saturated carbocycles. The zero-order chi connectivity index (χ0) is 15.5. The molecule has 1 amide bonds. The van der Waals surface area contributed by atoms with E-state index in [1.54, 1.807) is 6.92 Å². The molecule has 0 aliphatic heterocycles. The number of hydrogen-bond donors (Lipinski definition) is 3. The van der Waals surface area contributed by atoms with Gasteiger partial charge in [-0.25, -0.2) is 4.98 Å². The van der Waals surface area contributed by atoms with Gasteiger partial charge in [0.15, 0.2) is 0 Å². The van der Waals surface area contributed by atoms with Crippen LogP contribution in [0.3, 0.4) is 0 Å². The summed E-state index contributed by atoms with van der Waals surface area (Å²) in [5.74, 6) is 0.194. The number of aliphatic hydroxyl groups excluding tert-OH is 1. The van der Waals surface area contributed by atoms with Crippen molar-refractivity contribution < 1.29 is 9.90 Å². The lowest BCUT2D eigenvalue weighted by molar-refractivity contribution is 0.0908. The van der Waals surface area contributed by atoms with Crippen LogP contribution in [0.15, 0.2) is 4.79 Å². The Hall–Kier alpha value is -1.69. The molecule has 6 nitrogen and oxygen atoms in total. The van der Waals surface area contributed by atoms with Gasteiger partial charge < -0.3 is 15.4 Å². The van der Waals surface area contributed by atoms with Gasteiger partial charge in [-0.1, -0.05) is 27.7 Å². The third-order valence-electron chi connectivity index (χ3n) is 3.05. The molecule has 112 valence electrons. The van der Waals surface area contributed by atoms with E-state index in [1.807, 2.05) is 27.7 Å². The van der Waals surface area contributed by atoms with Crippen molar-refractivity contribution in [3.8, 4) is 0 Å². The van der Waals surface area contributed by atoms with Crippen molar-refractivity contribution in [1.29, 1.82) is 0 Å². The molecule has 0 aliphatic carbocycles. The molecule has 1 rings (SSSR count). The van der Waals surface area contributed by atoms with Gasteiger partial charge in [0.1, 0.15) is 11.4 Å². The summed E-state index contributed by atoms with van der Waals surface area (Å²) in [4.78, 5) is 31.0. The van der Waals surface area contributed by atoms with Crippen LogP contribution in [0, 0.1) is 12.3 Å². The van der Waals surface area contributed by atoms with E-state index in [-0.39, 0.29) is 24.6 Å². The fourth-order valence-electron chi connectivity index (χ4n) is 1.61. The molecule has 0 spiro atoms. The number of amides is 1. The smallest absolute Gasteiger partial charge is 0.264 e. The minimum Gasteiger partial charge on any atom is -0.396 e. The van der Waals surface area contributed by atoms with Gasteiger partial charge in [0.05, 0.1) is 5.69 Å². The number of H-pyrrole nitrogens is 1. The maximum Gasteiger partial charge on any atom is 0.264 e. The lowest BCUT2D eigenvalue weighted by atomic mass is 9.95. The summed E-state index contributed by atoms with van der Waals surface area (Å²) < 4.78 is 0. The molecule has 0 saturated heterocycles. The van der Waals surface area contributed by atoms with Crippen molar-refractivity contribution in [2.75, 3.05) is 13.2 Å². The van der Waals surface area contributed by atoms with Gasteiger partial charge in [-0.2, -0.15) is 0 Å². The predicted octanol–water partition coefficient (Wildman–Crippen LogP) is 0.950. The van der Waals surface area contributed by atoms with E-state index in [4.69, 9.17) is 5.11 Å². The molecule has 0 unspecified atom stereocenters. The topological polar surface area (TPSA) is 95.1 Å². The highest BCUT2D eigenvalue weighted by atomic mass is 16.3. The normalized spacial score (nSPS) is 11.8. The molecule has 0 aliphatic rings. The van der Waals surface area contributed by atoms with Gasteiger partial charge in [-0.15, -0.1) is 0 Å². The first-order valence-corrected chi connectivity index (χ1v) is 6.68. The fourth-order valence-corrected chi connectivity index (χ4v) is 1.61. The summed E-state index contributed by atoms with van der Waals surface area (Å²) in [5.41, 5.74) is -0.415. The van der Waals surface area contributed by atoms with E-state index in [1.165, 1.54) is 0 Å². The third-order valence-corrected chi connectivity index (χ3v) is 3.05. The Balaban J connectivity index is 2.98. The molecule has 0 fully saturated rings. The van der Waals surface area contributed by atoms with Crippen LogP contribution in [0.2, 0.25) is 0 Å². The van der Waals surface area contributed by atoms with Gasteiger partial charge in [-0.05, 0) is 6.92 Å². The zero-order valence-corrected chi connectivity index (χ0v) is 12.7. The zero-order valence-electron chi connectivity index (χ0n) is 12.7. The van der Waals surface area contributed by atoms with Crippen LogP contribution in [-0.2, 0) is 0 Å². The molecule has 1 aromatic heterocycles. The first kappa shape index (κ1) is 16.4. The van der Waals surface area contributed by atoms with Crippen molar-refractivity contribution in [3.05, 3.63) is 27.4 Å². The Morgan fingerprint density at radius 3 is 2.50 bits per heavy atom. The average Bonchev–Trinajstić information content (AvgIpc) is 2.35.